The summed E-state index contributed by atoms with van der Waals surface area (Å²) in [5.74, 6) is 0.663. The summed E-state index contributed by atoms with van der Waals surface area (Å²) in [5, 5.41) is 3.17. The molecule has 0 radical (unpaired) electrons. The van der Waals surface area contributed by atoms with Crippen molar-refractivity contribution in [2.24, 2.45) is 0 Å². The minimum Gasteiger partial charge on any atom is -0.370 e. The molecule has 0 bridgehead atoms. The van der Waals surface area contributed by atoms with E-state index in [2.05, 4.69) is 10.3 Å². The molecule has 2 aromatic rings. The predicted molar refractivity (Wildman–Crippen MR) is 76.9 cm³/mol. The zero-order valence-corrected chi connectivity index (χ0v) is 11.2. The number of anilines is 2. The monoisotopic (exact) mass is 259 g/mol. The number of rotatable bonds is 5. The number of aromatic nitrogens is 1. The van der Waals surface area contributed by atoms with E-state index < -0.39 is 0 Å². The number of halogens is 1. The van der Waals surface area contributed by atoms with Crippen molar-refractivity contribution in [2.45, 2.75) is 13.5 Å². The highest BCUT2D eigenvalue weighted by Gasteiger charge is 2.06. The topological polar surface area (TPSA) is 28.2 Å². The molecule has 0 spiro atoms. The number of pyridine rings is 1. The van der Waals surface area contributed by atoms with Crippen molar-refractivity contribution in [3.05, 3.63) is 54.0 Å². The summed E-state index contributed by atoms with van der Waals surface area (Å²) in [4.78, 5) is 6.23. The molecular formula is C15H18FN3. The average molecular weight is 259 g/mol. The summed E-state index contributed by atoms with van der Waals surface area (Å²) in [6.45, 7) is 3.38. The van der Waals surface area contributed by atoms with Crippen LogP contribution in [0.4, 0.5) is 15.9 Å². The van der Waals surface area contributed by atoms with Crippen molar-refractivity contribution in [3.63, 3.8) is 0 Å². The fourth-order valence-corrected chi connectivity index (χ4v) is 1.91. The summed E-state index contributed by atoms with van der Waals surface area (Å²) in [6, 6.07) is 10.7. The molecule has 0 fully saturated rings. The van der Waals surface area contributed by atoms with Gasteiger partial charge in [-0.05, 0) is 19.1 Å². The number of benzene rings is 1. The van der Waals surface area contributed by atoms with Crippen molar-refractivity contribution in [1.29, 1.82) is 0 Å². The first-order valence-corrected chi connectivity index (χ1v) is 6.35. The van der Waals surface area contributed by atoms with Crippen LogP contribution in [0.25, 0.3) is 0 Å². The van der Waals surface area contributed by atoms with Gasteiger partial charge in [0.05, 0.1) is 0 Å². The van der Waals surface area contributed by atoms with Crippen LogP contribution in [0.3, 0.4) is 0 Å². The molecule has 1 N–H and O–H groups in total. The maximum Gasteiger partial charge on any atom is 0.128 e. The predicted octanol–water partition coefficient (Wildman–Crippen LogP) is 3.29. The maximum atomic E-state index is 13.6. The molecule has 0 aliphatic carbocycles. The van der Waals surface area contributed by atoms with Crippen LogP contribution >= 0.6 is 0 Å². The molecule has 0 atom stereocenters. The van der Waals surface area contributed by atoms with Crippen LogP contribution in [-0.2, 0) is 6.54 Å². The Morgan fingerprint density at radius 3 is 2.79 bits per heavy atom. The van der Waals surface area contributed by atoms with Crippen LogP contribution in [-0.4, -0.2) is 18.6 Å². The van der Waals surface area contributed by atoms with Crippen molar-refractivity contribution < 1.29 is 4.39 Å². The van der Waals surface area contributed by atoms with Crippen LogP contribution < -0.4 is 10.2 Å². The second-order valence-electron chi connectivity index (χ2n) is 4.38. The van der Waals surface area contributed by atoms with E-state index in [4.69, 9.17) is 0 Å². The molecule has 0 saturated heterocycles. The van der Waals surface area contributed by atoms with Gasteiger partial charge in [-0.2, -0.15) is 0 Å². The van der Waals surface area contributed by atoms with Gasteiger partial charge >= 0.3 is 0 Å². The van der Waals surface area contributed by atoms with E-state index in [9.17, 15) is 4.39 Å². The van der Waals surface area contributed by atoms with Gasteiger partial charge in [-0.25, -0.2) is 9.37 Å². The molecule has 1 aromatic heterocycles. The minimum atomic E-state index is -0.171. The summed E-state index contributed by atoms with van der Waals surface area (Å²) < 4.78 is 13.6. The first-order valence-electron chi connectivity index (χ1n) is 6.35. The first-order chi connectivity index (χ1) is 9.20. The van der Waals surface area contributed by atoms with Gasteiger partial charge in [0.25, 0.3) is 0 Å². The van der Waals surface area contributed by atoms with Crippen molar-refractivity contribution in [3.8, 4) is 0 Å². The number of hydrogen-bond acceptors (Lipinski definition) is 3. The minimum absolute atomic E-state index is 0.171. The summed E-state index contributed by atoms with van der Waals surface area (Å²) in [5.41, 5.74) is 1.70. The molecule has 0 amide bonds. The fraction of sp³-hybridized carbons (Fsp3) is 0.267. The lowest BCUT2D eigenvalue weighted by Crippen LogP contribution is -2.17. The lowest BCUT2D eigenvalue weighted by molar-refractivity contribution is 0.608. The Balaban J connectivity index is 2.13. The van der Waals surface area contributed by atoms with Crippen LogP contribution in [0.5, 0.6) is 0 Å². The van der Waals surface area contributed by atoms with E-state index >= 15 is 0 Å². The largest absolute Gasteiger partial charge is 0.370 e. The Morgan fingerprint density at radius 2 is 2.05 bits per heavy atom. The van der Waals surface area contributed by atoms with Gasteiger partial charge in [-0.1, -0.05) is 18.2 Å². The molecule has 19 heavy (non-hydrogen) atoms. The van der Waals surface area contributed by atoms with Gasteiger partial charge in [0.1, 0.15) is 11.6 Å². The van der Waals surface area contributed by atoms with Gasteiger partial charge in [0, 0.05) is 43.7 Å². The Labute approximate surface area is 113 Å². The zero-order valence-electron chi connectivity index (χ0n) is 11.2. The highest BCUT2D eigenvalue weighted by atomic mass is 19.1. The lowest BCUT2D eigenvalue weighted by atomic mass is 10.2. The molecule has 0 unspecified atom stereocenters. The van der Waals surface area contributed by atoms with E-state index in [1.165, 1.54) is 6.07 Å². The zero-order chi connectivity index (χ0) is 13.7. The molecule has 2 rings (SSSR count). The number of nitrogens with one attached hydrogen (secondary N) is 1. The molecule has 0 saturated carbocycles. The Bertz CT molecular complexity index is 542. The SMILES string of the molecule is CCNc1cc(N(C)Cc2ccccc2F)ccn1. The molecule has 100 valence electrons. The Hall–Kier alpha value is -2.10. The van der Waals surface area contributed by atoms with Crippen LogP contribution in [0, 0.1) is 5.82 Å². The molecular weight excluding hydrogens is 241 g/mol. The lowest BCUT2D eigenvalue weighted by Gasteiger charge is -2.20. The van der Waals surface area contributed by atoms with Gasteiger partial charge in [0.2, 0.25) is 0 Å². The maximum absolute atomic E-state index is 13.6. The van der Waals surface area contributed by atoms with Gasteiger partial charge in [-0.3, -0.25) is 0 Å². The second-order valence-corrected chi connectivity index (χ2v) is 4.38. The highest BCUT2D eigenvalue weighted by Crippen LogP contribution is 2.19. The number of nitrogens with zero attached hydrogens (tertiary/aromatic N) is 2. The van der Waals surface area contributed by atoms with Gasteiger partial charge in [-0.15, -0.1) is 0 Å². The van der Waals surface area contributed by atoms with E-state index in [0.717, 1.165) is 18.1 Å². The normalized spacial score (nSPS) is 10.3. The Kier molecular flexibility index (Phi) is 4.34. The first kappa shape index (κ1) is 13.3. The van der Waals surface area contributed by atoms with Gasteiger partial charge in [0.15, 0.2) is 0 Å². The van der Waals surface area contributed by atoms with E-state index in [0.29, 0.717) is 12.1 Å². The summed E-state index contributed by atoms with van der Waals surface area (Å²) >= 11 is 0. The molecule has 1 heterocycles. The Morgan fingerprint density at radius 1 is 1.26 bits per heavy atom. The van der Waals surface area contributed by atoms with E-state index in [1.54, 1.807) is 18.3 Å². The highest BCUT2D eigenvalue weighted by molar-refractivity contribution is 5.53. The van der Waals surface area contributed by atoms with Crippen LogP contribution in [0.15, 0.2) is 42.6 Å². The molecule has 0 aliphatic rings. The van der Waals surface area contributed by atoms with E-state index in [1.807, 2.05) is 37.1 Å². The molecule has 1 aromatic carbocycles. The third-order valence-electron chi connectivity index (χ3n) is 2.91. The molecule has 4 heteroatoms. The summed E-state index contributed by atoms with van der Waals surface area (Å²) in [7, 11) is 1.94. The van der Waals surface area contributed by atoms with Crippen molar-refractivity contribution in [1.82, 2.24) is 4.98 Å². The van der Waals surface area contributed by atoms with Gasteiger partial charge < -0.3 is 10.2 Å². The fourth-order valence-electron chi connectivity index (χ4n) is 1.91. The van der Waals surface area contributed by atoms with Crippen molar-refractivity contribution in [2.75, 3.05) is 23.8 Å². The van der Waals surface area contributed by atoms with Crippen LogP contribution in [0.1, 0.15) is 12.5 Å². The summed E-state index contributed by atoms with van der Waals surface area (Å²) in [6.07, 6.45) is 1.76. The molecule has 0 aliphatic heterocycles. The van der Waals surface area contributed by atoms with Crippen molar-refractivity contribution >= 4 is 11.5 Å². The third-order valence-corrected chi connectivity index (χ3v) is 2.91. The van der Waals surface area contributed by atoms with E-state index in [-0.39, 0.29) is 5.82 Å². The standard InChI is InChI=1S/C15H18FN3/c1-3-17-15-10-13(8-9-18-15)19(2)11-12-6-4-5-7-14(12)16/h4-10H,3,11H2,1-2H3,(H,17,18). The quantitative estimate of drug-likeness (QED) is 0.893. The smallest absolute Gasteiger partial charge is 0.128 e. The third kappa shape index (κ3) is 3.44. The number of hydrogen-bond donors (Lipinski definition) is 1. The van der Waals surface area contributed by atoms with Crippen LogP contribution in [0.2, 0.25) is 0 Å². The second kappa shape index (κ2) is 6.18. The molecule has 3 nitrogen and oxygen atoms in total. The average Bonchev–Trinajstić information content (AvgIpc) is 2.42.